The zero-order valence-electron chi connectivity index (χ0n) is 33.6. The number of fused-ring (bicyclic) bond motifs is 14. The van der Waals surface area contributed by atoms with Gasteiger partial charge < -0.3 is 4.57 Å². The Morgan fingerprint density at radius 1 is 0.323 bits per heavy atom. The molecular weight excluding hydrogens is 753 g/mol. The van der Waals surface area contributed by atoms with Crippen molar-refractivity contribution in [1.29, 1.82) is 0 Å². The highest BCUT2D eigenvalue weighted by atomic mass is 15.0. The molecule has 11 aromatic rings. The maximum absolute atomic E-state index is 4.98. The second-order valence-electron chi connectivity index (χ2n) is 16.3. The van der Waals surface area contributed by atoms with Gasteiger partial charge in [-0.05, 0) is 68.3 Å². The maximum Gasteiger partial charge on any atom is 0.164 e. The van der Waals surface area contributed by atoms with Gasteiger partial charge in [0, 0.05) is 38.7 Å². The third-order valence-electron chi connectivity index (χ3n) is 13.1. The van der Waals surface area contributed by atoms with Crippen LogP contribution in [0.5, 0.6) is 0 Å². The summed E-state index contributed by atoms with van der Waals surface area (Å²) >= 11 is 0. The molecule has 13 rings (SSSR count). The normalized spacial score (nSPS) is 13.0. The summed E-state index contributed by atoms with van der Waals surface area (Å²) in [5.41, 5.74) is 18.8. The zero-order valence-corrected chi connectivity index (χ0v) is 33.6. The number of rotatable bonds is 5. The lowest BCUT2D eigenvalue weighted by molar-refractivity contribution is 0.794. The van der Waals surface area contributed by atoms with E-state index in [0.717, 1.165) is 33.5 Å². The van der Waals surface area contributed by atoms with E-state index in [1.54, 1.807) is 0 Å². The molecule has 4 heteroatoms. The Bertz CT molecular complexity index is 3460. The van der Waals surface area contributed by atoms with E-state index in [0.29, 0.717) is 17.5 Å². The van der Waals surface area contributed by atoms with Crippen LogP contribution in [0.2, 0.25) is 0 Å². The zero-order chi connectivity index (χ0) is 40.8. The van der Waals surface area contributed by atoms with Gasteiger partial charge in [0.15, 0.2) is 17.5 Å². The first-order chi connectivity index (χ1) is 30.8. The summed E-state index contributed by atoms with van der Waals surface area (Å²) in [4.78, 5) is 14.8. The molecule has 2 aliphatic rings. The summed E-state index contributed by atoms with van der Waals surface area (Å²) in [6.07, 6.45) is 0. The van der Waals surface area contributed by atoms with Crippen molar-refractivity contribution in [2.45, 2.75) is 5.41 Å². The van der Waals surface area contributed by atoms with Gasteiger partial charge in [-0.25, -0.2) is 15.0 Å². The van der Waals surface area contributed by atoms with Crippen molar-refractivity contribution in [2.75, 3.05) is 0 Å². The smallest absolute Gasteiger partial charge is 0.164 e. The summed E-state index contributed by atoms with van der Waals surface area (Å²) < 4.78 is 2.50. The monoisotopic (exact) mass is 788 g/mol. The molecule has 0 unspecified atom stereocenters. The van der Waals surface area contributed by atoms with E-state index >= 15 is 0 Å². The molecule has 0 N–H and O–H groups in total. The molecule has 0 radical (unpaired) electrons. The van der Waals surface area contributed by atoms with Crippen molar-refractivity contribution >= 4 is 21.8 Å². The minimum absolute atomic E-state index is 0.416. The molecule has 4 nitrogen and oxygen atoms in total. The van der Waals surface area contributed by atoms with E-state index < -0.39 is 5.41 Å². The second kappa shape index (κ2) is 13.4. The largest absolute Gasteiger partial charge is 0.309 e. The molecule has 0 fully saturated rings. The van der Waals surface area contributed by atoms with E-state index in [1.165, 1.54) is 66.3 Å². The van der Waals surface area contributed by atoms with Crippen molar-refractivity contribution in [2.24, 2.45) is 0 Å². The molecular formula is C58H36N4. The van der Waals surface area contributed by atoms with E-state index in [4.69, 9.17) is 15.0 Å². The first kappa shape index (κ1) is 34.6. The molecule has 9 aromatic carbocycles. The fraction of sp³-hybridized carbons (Fsp3) is 0.0172. The van der Waals surface area contributed by atoms with Gasteiger partial charge in [-0.1, -0.05) is 200 Å². The Morgan fingerprint density at radius 3 is 1.44 bits per heavy atom. The van der Waals surface area contributed by atoms with E-state index in [1.807, 2.05) is 60.7 Å². The van der Waals surface area contributed by atoms with Crippen molar-refractivity contribution in [1.82, 2.24) is 19.5 Å². The highest BCUT2D eigenvalue weighted by Crippen LogP contribution is 2.64. The fourth-order valence-electron chi connectivity index (χ4n) is 10.5. The van der Waals surface area contributed by atoms with Crippen molar-refractivity contribution in [3.63, 3.8) is 0 Å². The highest BCUT2D eigenvalue weighted by molar-refractivity contribution is 6.16. The molecule has 0 aliphatic heterocycles. The first-order valence-electron chi connectivity index (χ1n) is 21.2. The Labute approximate surface area is 359 Å². The lowest BCUT2D eigenvalue weighted by atomic mass is 9.70. The molecule has 62 heavy (non-hydrogen) atoms. The molecule has 1 spiro atoms. The van der Waals surface area contributed by atoms with E-state index in [2.05, 4.69) is 162 Å². The van der Waals surface area contributed by atoms with Crippen LogP contribution < -0.4 is 0 Å². The lowest BCUT2D eigenvalue weighted by Gasteiger charge is -2.30. The SMILES string of the molecule is c1ccc(-c2nc(-c3ccccc3)nc(-c3ccc(-c4cccc(-n5c6ccccc6c6ccc7c(c65)-c5ccccc5C75c6ccccc6-c6ccccc65)c4)cc3)n2)cc1. The molecule has 2 aromatic heterocycles. The van der Waals surface area contributed by atoms with Gasteiger partial charge in [-0.2, -0.15) is 0 Å². The number of hydrogen-bond acceptors (Lipinski definition) is 3. The Kier molecular flexibility index (Phi) is 7.49. The number of hydrogen-bond donors (Lipinski definition) is 0. The molecule has 0 bridgehead atoms. The van der Waals surface area contributed by atoms with E-state index in [-0.39, 0.29) is 0 Å². The summed E-state index contributed by atoms with van der Waals surface area (Å²) in [6, 6.07) is 78.6. The molecule has 0 amide bonds. The van der Waals surface area contributed by atoms with Crippen LogP contribution in [0.3, 0.4) is 0 Å². The molecule has 0 atom stereocenters. The summed E-state index contributed by atoms with van der Waals surface area (Å²) in [5.74, 6) is 1.94. The third kappa shape index (κ3) is 4.92. The average molecular weight is 789 g/mol. The topological polar surface area (TPSA) is 43.6 Å². The van der Waals surface area contributed by atoms with Gasteiger partial charge in [0.05, 0.1) is 16.4 Å². The van der Waals surface area contributed by atoms with Crippen LogP contribution in [0.4, 0.5) is 0 Å². The Hall–Kier alpha value is -8.21. The highest BCUT2D eigenvalue weighted by Gasteiger charge is 2.52. The van der Waals surface area contributed by atoms with Crippen LogP contribution in [0, 0.1) is 0 Å². The van der Waals surface area contributed by atoms with Crippen molar-refractivity contribution in [3.05, 3.63) is 241 Å². The minimum Gasteiger partial charge on any atom is -0.309 e. The summed E-state index contributed by atoms with van der Waals surface area (Å²) in [6.45, 7) is 0. The van der Waals surface area contributed by atoms with Crippen LogP contribution in [-0.2, 0) is 5.41 Å². The van der Waals surface area contributed by atoms with Gasteiger partial charge in [0.2, 0.25) is 0 Å². The van der Waals surface area contributed by atoms with Crippen molar-refractivity contribution in [3.8, 4) is 73.2 Å². The fourth-order valence-corrected chi connectivity index (χ4v) is 10.5. The van der Waals surface area contributed by atoms with Crippen LogP contribution >= 0.6 is 0 Å². The summed E-state index contributed by atoms with van der Waals surface area (Å²) in [7, 11) is 0. The average Bonchev–Trinajstić information content (AvgIpc) is 3.96. The van der Waals surface area contributed by atoms with Crippen LogP contribution in [-0.4, -0.2) is 19.5 Å². The molecule has 0 saturated heterocycles. The minimum atomic E-state index is -0.416. The number of para-hydroxylation sites is 1. The standard InChI is InChI=1S/C58H36N4/c1-3-16-38(17-4-1)55-59-56(39-18-5-2-6-19-39)61-57(60-55)40-32-30-37(31-33-40)41-20-15-21-42(36-41)62-52-29-14-10-24-45(52)46-34-35-51-53(54(46)62)47-25-9-13-28-50(47)58(51)48-26-11-7-22-43(48)44-23-8-12-27-49(44)58/h1-36H. The quantitative estimate of drug-likeness (QED) is 0.174. The lowest BCUT2D eigenvalue weighted by Crippen LogP contribution is -2.25. The maximum atomic E-state index is 4.98. The third-order valence-corrected chi connectivity index (χ3v) is 13.1. The van der Waals surface area contributed by atoms with E-state index in [9.17, 15) is 0 Å². The van der Waals surface area contributed by atoms with Crippen LogP contribution in [0.1, 0.15) is 22.3 Å². The second-order valence-corrected chi connectivity index (χ2v) is 16.3. The van der Waals surface area contributed by atoms with Crippen molar-refractivity contribution < 1.29 is 0 Å². The number of benzene rings is 9. The van der Waals surface area contributed by atoms with Gasteiger partial charge in [0.1, 0.15) is 0 Å². The predicted octanol–water partition coefficient (Wildman–Crippen LogP) is 14.0. The molecule has 288 valence electrons. The Balaban J connectivity index is 0.976. The van der Waals surface area contributed by atoms with Crippen LogP contribution in [0.15, 0.2) is 218 Å². The van der Waals surface area contributed by atoms with Gasteiger partial charge >= 0.3 is 0 Å². The predicted molar refractivity (Wildman–Crippen MR) is 252 cm³/mol. The van der Waals surface area contributed by atoms with Gasteiger partial charge in [0.25, 0.3) is 0 Å². The summed E-state index contributed by atoms with van der Waals surface area (Å²) in [5, 5.41) is 2.50. The van der Waals surface area contributed by atoms with Gasteiger partial charge in [-0.3, -0.25) is 0 Å². The van der Waals surface area contributed by atoms with Crippen LogP contribution in [0.25, 0.3) is 95.0 Å². The van der Waals surface area contributed by atoms with Gasteiger partial charge in [-0.15, -0.1) is 0 Å². The number of aromatic nitrogens is 4. The first-order valence-corrected chi connectivity index (χ1v) is 21.2. The molecule has 2 heterocycles. The molecule has 2 aliphatic carbocycles. The number of nitrogens with zero attached hydrogens (tertiary/aromatic N) is 4. The Morgan fingerprint density at radius 2 is 0.806 bits per heavy atom. The molecule has 0 saturated carbocycles.